The zero-order valence-corrected chi connectivity index (χ0v) is 14.7. The number of methoxy groups -OCH3 is 1. The van der Waals surface area contributed by atoms with Crippen LogP contribution in [0, 0.1) is 0 Å². The minimum atomic E-state index is -0.397. The lowest BCUT2D eigenvalue weighted by molar-refractivity contribution is -0.142. The first kappa shape index (κ1) is 18.8. The SMILES string of the molecule is COC(=O)COc1ccc(C[C@@H](C)NCCc2ccccc2O)cc1. The number of rotatable bonds is 9. The van der Waals surface area contributed by atoms with E-state index in [-0.39, 0.29) is 6.61 Å². The van der Waals surface area contributed by atoms with Gasteiger partial charge in [0, 0.05) is 6.04 Å². The number of carbonyl (C=O) groups is 1. The van der Waals surface area contributed by atoms with Gasteiger partial charge in [0.15, 0.2) is 6.61 Å². The Balaban J connectivity index is 1.73. The van der Waals surface area contributed by atoms with Crippen LogP contribution in [0.25, 0.3) is 0 Å². The number of benzene rings is 2. The average Bonchev–Trinajstić information content (AvgIpc) is 2.62. The summed E-state index contributed by atoms with van der Waals surface area (Å²) in [5, 5.41) is 13.2. The largest absolute Gasteiger partial charge is 0.508 e. The molecule has 0 spiro atoms. The summed E-state index contributed by atoms with van der Waals surface area (Å²) in [4.78, 5) is 11.1. The van der Waals surface area contributed by atoms with Crippen molar-refractivity contribution in [3.63, 3.8) is 0 Å². The topological polar surface area (TPSA) is 67.8 Å². The smallest absolute Gasteiger partial charge is 0.343 e. The zero-order chi connectivity index (χ0) is 18.1. The summed E-state index contributed by atoms with van der Waals surface area (Å²) in [5.74, 6) is 0.597. The van der Waals surface area contributed by atoms with Crippen molar-refractivity contribution in [2.24, 2.45) is 0 Å². The first-order valence-corrected chi connectivity index (χ1v) is 8.37. The fourth-order valence-electron chi connectivity index (χ4n) is 2.52. The molecule has 0 heterocycles. The van der Waals surface area contributed by atoms with Crippen LogP contribution >= 0.6 is 0 Å². The number of ether oxygens (including phenoxy) is 2. The Bertz CT molecular complexity index is 670. The molecule has 2 rings (SSSR count). The molecule has 2 aromatic carbocycles. The molecule has 0 aliphatic carbocycles. The Kier molecular flexibility index (Phi) is 7.29. The number of aromatic hydroxyl groups is 1. The number of hydrogen-bond acceptors (Lipinski definition) is 5. The molecule has 2 N–H and O–H groups in total. The van der Waals surface area contributed by atoms with Gasteiger partial charge in [0.05, 0.1) is 7.11 Å². The van der Waals surface area contributed by atoms with Crippen LogP contribution in [-0.4, -0.2) is 37.4 Å². The Hall–Kier alpha value is -2.53. The third kappa shape index (κ3) is 6.47. The van der Waals surface area contributed by atoms with Crippen LogP contribution in [0.4, 0.5) is 0 Å². The van der Waals surface area contributed by atoms with E-state index in [9.17, 15) is 9.90 Å². The monoisotopic (exact) mass is 343 g/mol. The maximum atomic E-state index is 11.1. The van der Waals surface area contributed by atoms with Crippen LogP contribution in [0.15, 0.2) is 48.5 Å². The highest BCUT2D eigenvalue weighted by atomic mass is 16.6. The van der Waals surface area contributed by atoms with Crippen LogP contribution < -0.4 is 10.1 Å². The Morgan fingerprint density at radius 3 is 2.56 bits per heavy atom. The van der Waals surface area contributed by atoms with Crippen molar-refractivity contribution in [2.75, 3.05) is 20.3 Å². The minimum absolute atomic E-state index is 0.0832. The van der Waals surface area contributed by atoms with Gasteiger partial charge in [-0.3, -0.25) is 0 Å². The van der Waals surface area contributed by atoms with Crippen molar-refractivity contribution >= 4 is 5.97 Å². The second-order valence-corrected chi connectivity index (χ2v) is 5.95. The lowest BCUT2D eigenvalue weighted by Gasteiger charge is -2.14. The van der Waals surface area contributed by atoms with Crippen molar-refractivity contribution in [1.29, 1.82) is 0 Å². The van der Waals surface area contributed by atoms with Gasteiger partial charge in [-0.25, -0.2) is 4.79 Å². The Morgan fingerprint density at radius 2 is 1.88 bits per heavy atom. The third-order valence-electron chi connectivity index (χ3n) is 3.93. The fourth-order valence-corrected chi connectivity index (χ4v) is 2.52. The van der Waals surface area contributed by atoms with Gasteiger partial charge in [-0.1, -0.05) is 30.3 Å². The summed E-state index contributed by atoms with van der Waals surface area (Å²) in [6, 6.07) is 15.4. The fraction of sp³-hybridized carbons (Fsp3) is 0.350. The molecular weight excluding hydrogens is 318 g/mol. The standard InChI is InChI=1S/C20H25NO4/c1-15(21-12-11-17-5-3-4-6-19(17)22)13-16-7-9-18(10-8-16)25-14-20(23)24-2/h3-10,15,21-22H,11-14H2,1-2H3/t15-/m1/s1. The lowest BCUT2D eigenvalue weighted by atomic mass is 10.1. The summed E-state index contributed by atoms with van der Waals surface area (Å²) < 4.78 is 9.87. The second kappa shape index (κ2) is 9.69. The first-order chi connectivity index (χ1) is 12.1. The second-order valence-electron chi connectivity index (χ2n) is 5.95. The molecule has 25 heavy (non-hydrogen) atoms. The maximum absolute atomic E-state index is 11.1. The molecule has 0 fully saturated rings. The summed E-state index contributed by atoms with van der Waals surface area (Å²) in [6.45, 7) is 2.85. The predicted octanol–water partition coefficient (Wildman–Crippen LogP) is 2.71. The molecular formula is C20H25NO4. The highest BCUT2D eigenvalue weighted by Crippen LogP contribution is 2.16. The summed E-state index contributed by atoms with van der Waals surface area (Å²) in [6.07, 6.45) is 1.68. The normalized spacial score (nSPS) is 11.8. The summed E-state index contributed by atoms with van der Waals surface area (Å²) in [7, 11) is 1.34. The zero-order valence-electron chi connectivity index (χ0n) is 14.7. The highest BCUT2D eigenvalue weighted by Gasteiger charge is 2.06. The van der Waals surface area contributed by atoms with E-state index in [1.165, 1.54) is 12.7 Å². The van der Waals surface area contributed by atoms with E-state index in [1.54, 1.807) is 6.07 Å². The molecule has 0 unspecified atom stereocenters. The van der Waals surface area contributed by atoms with Gasteiger partial charge in [0.2, 0.25) is 0 Å². The van der Waals surface area contributed by atoms with Crippen molar-refractivity contribution in [3.05, 3.63) is 59.7 Å². The van der Waals surface area contributed by atoms with Crippen LogP contribution in [0.1, 0.15) is 18.1 Å². The number of phenolic OH excluding ortho intramolecular Hbond substituents is 1. The molecule has 0 saturated heterocycles. The van der Waals surface area contributed by atoms with Crippen molar-refractivity contribution < 1.29 is 19.4 Å². The molecule has 5 nitrogen and oxygen atoms in total. The molecule has 5 heteroatoms. The molecule has 0 radical (unpaired) electrons. The van der Waals surface area contributed by atoms with E-state index in [1.807, 2.05) is 42.5 Å². The maximum Gasteiger partial charge on any atom is 0.343 e. The van der Waals surface area contributed by atoms with Crippen LogP contribution in [-0.2, 0) is 22.4 Å². The van der Waals surface area contributed by atoms with E-state index in [0.717, 1.165) is 24.9 Å². The van der Waals surface area contributed by atoms with E-state index in [0.29, 0.717) is 17.5 Å². The molecule has 0 aliphatic heterocycles. The van der Waals surface area contributed by atoms with Crippen LogP contribution in [0.3, 0.4) is 0 Å². The number of nitrogens with one attached hydrogen (secondary N) is 1. The van der Waals surface area contributed by atoms with Crippen molar-refractivity contribution in [1.82, 2.24) is 5.32 Å². The number of phenols is 1. The lowest BCUT2D eigenvalue weighted by Crippen LogP contribution is -2.30. The van der Waals surface area contributed by atoms with E-state index < -0.39 is 5.97 Å². The molecule has 0 bridgehead atoms. The number of hydrogen-bond donors (Lipinski definition) is 2. The number of esters is 1. The van der Waals surface area contributed by atoms with Gasteiger partial charge in [-0.15, -0.1) is 0 Å². The quantitative estimate of drug-likeness (QED) is 0.685. The predicted molar refractivity (Wildman–Crippen MR) is 96.9 cm³/mol. The van der Waals surface area contributed by atoms with Gasteiger partial charge >= 0.3 is 5.97 Å². The minimum Gasteiger partial charge on any atom is -0.508 e. The molecule has 0 aromatic heterocycles. The van der Waals surface area contributed by atoms with Gasteiger partial charge in [0.25, 0.3) is 0 Å². The first-order valence-electron chi connectivity index (χ1n) is 8.37. The molecule has 2 aromatic rings. The van der Waals surface area contributed by atoms with E-state index in [4.69, 9.17) is 4.74 Å². The average molecular weight is 343 g/mol. The van der Waals surface area contributed by atoms with E-state index in [2.05, 4.69) is 17.0 Å². The summed E-state index contributed by atoms with van der Waals surface area (Å²) >= 11 is 0. The van der Waals surface area contributed by atoms with Gasteiger partial charge in [0.1, 0.15) is 11.5 Å². The van der Waals surface area contributed by atoms with Gasteiger partial charge < -0.3 is 19.9 Å². The number of carbonyl (C=O) groups excluding carboxylic acids is 1. The highest BCUT2D eigenvalue weighted by molar-refractivity contribution is 5.70. The van der Waals surface area contributed by atoms with Crippen molar-refractivity contribution in [3.8, 4) is 11.5 Å². The Morgan fingerprint density at radius 1 is 1.16 bits per heavy atom. The van der Waals surface area contributed by atoms with E-state index >= 15 is 0 Å². The molecule has 1 atom stereocenters. The van der Waals surface area contributed by atoms with Crippen molar-refractivity contribution in [2.45, 2.75) is 25.8 Å². The van der Waals surface area contributed by atoms with Gasteiger partial charge in [-0.05, 0) is 55.6 Å². The molecule has 0 aliphatic rings. The molecule has 134 valence electrons. The summed E-state index contributed by atoms with van der Waals surface area (Å²) in [5.41, 5.74) is 2.14. The van der Waals surface area contributed by atoms with Crippen LogP contribution in [0.2, 0.25) is 0 Å². The Labute approximate surface area is 148 Å². The molecule has 0 amide bonds. The number of para-hydroxylation sites is 1. The molecule has 0 saturated carbocycles. The third-order valence-corrected chi connectivity index (χ3v) is 3.93. The van der Waals surface area contributed by atoms with Crippen LogP contribution in [0.5, 0.6) is 11.5 Å². The van der Waals surface area contributed by atoms with Gasteiger partial charge in [-0.2, -0.15) is 0 Å².